The summed E-state index contributed by atoms with van der Waals surface area (Å²) in [4.78, 5) is 33.7. The van der Waals surface area contributed by atoms with Gasteiger partial charge in [-0.25, -0.2) is 9.59 Å². The van der Waals surface area contributed by atoms with Crippen molar-refractivity contribution in [1.82, 2.24) is 9.97 Å². The predicted molar refractivity (Wildman–Crippen MR) is 178 cm³/mol. The monoisotopic (exact) mass is 664 g/mol. The summed E-state index contributed by atoms with van der Waals surface area (Å²) >= 11 is 0. The molecule has 48 heavy (non-hydrogen) atoms. The van der Waals surface area contributed by atoms with Gasteiger partial charge in [-0.05, 0) is 105 Å². The molecule has 0 bridgehead atoms. The van der Waals surface area contributed by atoms with Crippen LogP contribution < -0.4 is 9.47 Å². The Hall–Kier alpha value is -3.80. The smallest absolute Gasteiger partial charge is 0.355 e. The first kappa shape index (κ1) is 34.1. The molecule has 2 aliphatic carbocycles. The molecular formula is C37H48N2O9. The molecule has 0 saturated heterocycles. The largest absolute Gasteiger partial charge is 0.487 e. The van der Waals surface area contributed by atoms with Gasteiger partial charge in [0.25, 0.3) is 0 Å². The molecule has 0 amide bonds. The maximum atomic E-state index is 13.3. The first-order valence-electron chi connectivity index (χ1n) is 17.5. The molecule has 0 radical (unpaired) electrons. The third kappa shape index (κ3) is 7.58. The zero-order chi connectivity index (χ0) is 33.3. The Morgan fingerprint density at radius 3 is 1.54 bits per heavy atom. The number of ether oxygens (including phenoxy) is 7. The van der Waals surface area contributed by atoms with E-state index in [2.05, 4.69) is 9.97 Å². The van der Waals surface area contributed by atoms with Crippen LogP contribution in [0.5, 0.6) is 11.5 Å². The normalized spacial score (nSPS) is 17.5. The highest BCUT2D eigenvalue weighted by Crippen LogP contribution is 2.44. The molecule has 3 aliphatic rings. The van der Waals surface area contributed by atoms with E-state index in [0.29, 0.717) is 89.0 Å². The number of aromatic nitrogens is 2. The van der Waals surface area contributed by atoms with E-state index in [0.717, 1.165) is 90.6 Å². The number of carbonyl (C=O) groups is 2. The molecule has 0 unspecified atom stereocenters. The van der Waals surface area contributed by atoms with E-state index in [1.165, 1.54) is 0 Å². The van der Waals surface area contributed by atoms with Crippen LogP contribution in [-0.2, 0) is 49.4 Å². The van der Waals surface area contributed by atoms with Crippen LogP contribution in [0.25, 0.3) is 0 Å². The van der Waals surface area contributed by atoms with Gasteiger partial charge in [-0.3, -0.25) is 0 Å². The summed E-state index contributed by atoms with van der Waals surface area (Å²) < 4.78 is 40.4. The molecule has 0 fully saturated rings. The van der Waals surface area contributed by atoms with Crippen LogP contribution in [0.15, 0.2) is 18.2 Å². The van der Waals surface area contributed by atoms with Crippen molar-refractivity contribution in [3.05, 3.63) is 68.8 Å². The summed E-state index contributed by atoms with van der Waals surface area (Å²) in [5.41, 5.74) is 8.21. The van der Waals surface area contributed by atoms with Crippen LogP contribution >= 0.6 is 0 Å². The molecule has 1 aromatic carbocycles. The van der Waals surface area contributed by atoms with E-state index in [4.69, 9.17) is 33.2 Å². The molecule has 2 aromatic heterocycles. The second-order valence-corrected chi connectivity index (χ2v) is 12.3. The highest BCUT2D eigenvalue weighted by molar-refractivity contribution is 5.91. The maximum Gasteiger partial charge on any atom is 0.355 e. The van der Waals surface area contributed by atoms with Gasteiger partial charge in [0.1, 0.15) is 24.6 Å². The van der Waals surface area contributed by atoms with Gasteiger partial charge in [-0.2, -0.15) is 0 Å². The number of hydrogen-bond acceptors (Lipinski definition) is 9. The summed E-state index contributed by atoms with van der Waals surface area (Å²) in [6.45, 7) is 7.68. The molecular weight excluding hydrogens is 616 g/mol. The number of fused-ring (bicyclic) bond motifs is 3. The number of carbonyl (C=O) groups excluding carboxylic acids is 2. The Morgan fingerprint density at radius 2 is 1.06 bits per heavy atom. The van der Waals surface area contributed by atoms with Crippen molar-refractivity contribution in [3.8, 4) is 11.5 Å². The Labute approximate surface area is 281 Å². The maximum absolute atomic E-state index is 13.3. The molecule has 3 heterocycles. The Kier molecular flexibility index (Phi) is 11.7. The average molecular weight is 665 g/mol. The van der Waals surface area contributed by atoms with Crippen LogP contribution in [0.1, 0.15) is 106 Å². The fourth-order valence-electron chi connectivity index (χ4n) is 7.15. The van der Waals surface area contributed by atoms with Gasteiger partial charge in [-0.15, -0.1) is 0 Å². The highest BCUT2D eigenvalue weighted by Gasteiger charge is 2.35. The van der Waals surface area contributed by atoms with Crippen molar-refractivity contribution >= 4 is 11.9 Å². The second-order valence-electron chi connectivity index (χ2n) is 12.3. The first-order valence-corrected chi connectivity index (χ1v) is 17.5. The molecule has 11 heteroatoms. The summed E-state index contributed by atoms with van der Waals surface area (Å²) in [5.74, 6) is 0.159. The number of benzene rings is 1. The van der Waals surface area contributed by atoms with E-state index >= 15 is 0 Å². The topological polar surface area (TPSA) is 130 Å². The lowest BCUT2D eigenvalue weighted by Crippen LogP contribution is -2.14. The van der Waals surface area contributed by atoms with Crippen LogP contribution in [0, 0.1) is 0 Å². The van der Waals surface area contributed by atoms with Crippen molar-refractivity contribution in [1.29, 1.82) is 0 Å². The first-order chi connectivity index (χ1) is 23.6. The van der Waals surface area contributed by atoms with Gasteiger partial charge < -0.3 is 43.1 Å². The Balaban J connectivity index is 1.48. The summed E-state index contributed by atoms with van der Waals surface area (Å²) in [6.07, 6.45) is 7.36. The van der Waals surface area contributed by atoms with Gasteiger partial charge in [-0.1, -0.05) is 6.07 Å². The predicted octanol–water partition coefficient (Wildman–Crippen LogP) is 5.46. The number of esters is 2. The molecule has 3 aromatic rings. The lowest BCUT2D eigenvalue weighted by Gasteiger charge is -2.24. The SMILES string of the molecule is CCOC(=O)c1[nH]c(C(c2ccc3c(c2)OCCOCCOCCOCCO3)c2[nH]c(C(=O)OCC)c3c2CCCC3)c2c1CCCC2. The van der Waals surface area contributed by atoms with Crippen molar-refractivity contribution in [2.24, 2.45) is 0 Å². The van der Waals surface area contributed by atoms with Crippen molar-refractivity contribution in [2.75, 3.05) is 66.1 Å². The number of hydrogen-bond donors (Lipinski definition) is 2. The standard InChI is InChI=1S/C37H48N2O9/c1-3-45-36(40)34-27-11-7-5-9-25(27)32(38-34)31(33-26-10-6-8-12-28(26)35(39-33)37(41)46-4-2)24-13-14-29-30(23-24)48-22-20-44-18-16-42-15-17-43-19-21-47-29/h13-14,23,31,38-39H,3-12,15-22H2,1-2H3. The zero-order valence-corrected chi connectivity index (χ0v) is 28.2. The second kappa shape index (κ2) is 16.5. The minimum atomic E-state index is -0.350. The number of H-pyrrole nitrogens is 2. The highest BCUT2D eigenvalue weighted by atomic mass is 16.6. The summed E-state index contributed by atoms with van der Waals surface area (Å²) in [6, 6.07) is 6.00. The van der Waals surface area contributed by atoms with Crippen molar-refractivity contribution < 1.29 is 42.7 Å². The van der Waals surface area contributed by atoms with Crippen molar-refractivity contribution in [2.45, 2.75) is 71.1 Å². The van der Waals surface area contributed by atoms with Gasteiger partial charge in [0, 0.05) is 11.4 Å². The molecule has 2 N–H and O–H groups in total. The lowest BCUT2D eigenvalue weighted by molar-refractivity contribution is 0.00708. The fraction of sp³-hybridized carbons (Fsp3) is 0.568. The van der Waals surface area contributed by atoms with Gasteiger partial charge in [0.2, 0.25) is 0 Å². The molecule has 260 valence electrons. The zero-order valence-electron chi connectivity index (χ0n) is 28.2. The summed E-state index contributed by atoms with van der Waals surface area (Å²) in [7, 11) is 0. The Morgan fingerprint density at radius 1 is 0.625 bits per heavy atom. The van der Waals surface area contributed by atoms with Crippen LogP contribution in [0.2, 0.25) is 0 Å². The van der Waals surface area contributed by atoms with E-state index in [9.17, 15) is 9.59 Å². The molecule has 0 atom stereocenters. The Bertz CT molecular complexity index is 1480. The molecule has 11 nitrogen and oxygen atoms in total. The van der Waals surface area contributed by atoms with E-state index in [-0.39, 0.29) is 17.9 Å². The van der Waals surface area contributed by atoms with Crippen LogP contribution in [-0.4, -0.2) is 88.0 Å². The minimum absolute atomic E-state index is 0.294. The minimum Gasteiger partial charge on any atom is -0.487 e. The summed E-state index contributed by atoms with van der Waals surface area (Å²) in [5, 5.41) is 0. The lowest BCUT2D eigenvalue weighted by atomic mass is 9.81. The van der Waals surface area contributed by atoms with Crippen LogP contribution in [0.4, 0.5) is 0 Å². The van der Waals surface area contributed by atoms with E-state index in [1.807, 2.05) is 32.0 Å². The average Bonchev–Trinajstić information content (AvgIpc) is 3.67. The molecule has 0 saturated carbocycles. The number of nitrogens with one attached hydrogen (secondary N) is 2. The fourth-order valence-corrected chi connectivity index (χ4v) is 7.15. The quantitative estimate of drug-likeness (QED) is 0.317. The molecule has 1 aliphatic heterocycles. The van der Waals surface area contributed by atoms with Crippen molar-refractivity contribution in [3.63, 3.8) is 0 Å². The number of rotatable bonds is 7. The van der Waals surface area contributed by atoms with Gasteiger partial charge >= 0.3 is 11.9 Å². The van der Waals surface area contributed by atoms with E-state index < -0.39 is 0 Å². The van der Waals surface area contributed by atoms with Gasteiger partial charge in [0.05, 0.1) is 58.8 Å². The van der Waals surface area contributed by atoms with E-state index in [1.54, 1.807) is 0 Å². The number of aromatic amines is 2. The van der Waals surface area contributed by atoms with Crippen LogP contribution in [0.3, 0.4) is 0 Å². The van der Waals surface area contributed by atoms with Gasteiger partial charge in [0.15, 0.2) is 11.5 Å². The molecule has 0 spiro atoms. The third-order valence-electron chi connectivity index (χ3n) is 9.26. The molecule has 6 rings (SSSR count). The third-order valence-corrected chi connectivity index (χ3v) is 9.26.